The van der Waals surface area contributed by atoms with Crippen molar-refractivity contribution in [3.63, 3.8) is 0 Å². The molecule has 5 nitrogen and oxygen atoms in total. The Labute approximate surface area is 93.5 Å². The summed E-state index contributed by atoms with van der Waals surface area (Å²) in [6.07, 6.45) is 6.79. The Morgan fingerprint density at radius 2 is 1.75 bits per heavy atom. The first-order valence-corrected chi connectivity index (χ1v) is 4.88. The van der Waals surface area contributed by atoms with E-state index in [2.05, 4.69) is 15.4 Å². The molecular formula is C11H13N5. The van der Waals surface area contributed by atoms with E-state index in [1.807, 2.05) is 12.1 Å². The fourth-order valence-corrected chi connectivity index (χ4v) is 1.58. The van der Waals surface area contributed by atoms with Crippen molar-refractivity contribution in [3.05, 3.63) is 54.1 Å². The van der Waals surface area contributed by atoms with Crippen molar-refractivity contribution in [2.75, 3.05) is 5.73 Å². The van der Waals surface area contributed by atoms with E-state index >= 15 is 0 Å². The minimum Gasteiger partial charge on any atom is -0.398 e. The summed E-state index contributed by atoms with van der Waals surface area (Å²) in [6.45, 7) is 0. The number of aromatic nitrogens is 2. The molecular weight excluding hydrogens is 202 g/mol. The Morgan fingerprint density at radius 1 is 1.06 bits per heavy atom. The van der Waals surface area contributed by atoms with Gasteiger partial charge in [-0.2, -0.15) is 0 Å². The molecule has 0 bridgehead atoms. The fraction of sp³-hybridized carbons (Fsp3) is 0.0909. The number of hydrogen-bond acceptors (Lipinski definition) is 5. The van der Waals surface area contributed by atoms with Crippen LogP contribution in [-0.4, -0.2) is 9.97 Å². The zero-order chi connectivity index (χ0) is 11.4. The predicted molar refractivity (Wildman–Crippen MR) is 62.1 cm³/mol. The third kappa shape index (κ3) is 2.00. The smallest absolute Gasteiger partial charge is 0.0746 e. The first-order valence-electron chi connectivity index (χ1n) is 4.88. The monoisotopic (exact) mass is 215 g/mol. The number of hydrazine groups is 1. The summed E-state index contributed by atoms with van der Waals surface area (Å²) in [7, 11) is 0. The van der Waals surface area contributed by atoms with Gasteiger partial charge in [-0.3, -0.25) is 15.8 Å². The summed E-state index contributed by atoms with van der Waals surface area (Å²) in [5.74, 6) is 5.55. The van der Waals surface area contributed by atoms with Crippen molar-refractivity contribution >= 4 is 5.69 Å². The molecule has 0 aliphatic heterocycles. The van der Waals surface area contributed by atoms with Crippen LogP contribution >= 0.6 is 0 Å². The van der Waals surface area contributed by atoms with E-state index in [4.69, 9.17) is 11.6 Å². The van der Waals surface area contributed by atoms with Crippen LogP contribution in [0.15, 0.2) is 43.0 Å². The first-order chi connectivity index (χ1) is 7.83. The van der Waals surface area contributed by atoms with Crippen LogP contribution in [0.3, 0.4) is 0 Å². The summed E-state index contributed by atoms with van der Waals surface area (Å²) >= 11 is 0. The average Bonchev–Trinajstić information content (AvgIpc) is 2.34. The number of anilines is 1. The lowest BCUT2D eigenvalue weighted by Gasteiger charge is -2.17. The highest BCUT2D eigenvalue weighted by atomic mass is 15.2. The maximum absolute atomic E-state index is 5.88. The van der Waals surface area contributed by atoms with E-state index in [0.717, 1.165) is 11.1 Å². The summed E-state index contributed by atoms with van der Waals surface area (Å²) in [4.78, 5) is 8.01. The Bertz CT molecular complexity index is 457. The van der Waals surface area contributed by atoms with Gasteiger partial charge in [-0.25, -0.2) is 5.43 Å². The molecule has 0 amide bonds. The SMILES string of the molecule is NNC(c1ccncc1)c1cnccc1N. The Morgan fingerprint density at radius 3 is 2.38 bits per heavy atom. The predicted octanol–water partition coefficient (Wildman–Crippen LogP) is 0.611. The van der Waals surface area contributed by atoms with E-state index in [1.54, 1.807) is 30.9 Å². The molecule has 0 aliphatic carbocycles. The van der Waals surface area contributed by atoms with Gasteiger partial charge in [-0.1, -0.05) is 0 Å². The topological polar surface area (TPSA) is 89.8 Å². The van der Waals surface area contributed by atoms with E-state index in [1.165, 1.54) is 0 Å². The molecule has 0 saturated heterocycles. The van der Waals surface area contributed by atoms with Crippen LogP contribution in [0.1, 0.15) is 17.2 Å². The third-order valence-corrected chi connectivity index (χ3v) is 2.40. The third-order valence-electron chi connectivity index (χ3n) is 2.40. The number of nitrogens with one attached hydrogen (secondary N) is 1. The highest BCUT2D eigenvalue weighted by Crippen LogP contribution is 2.24. The minimum atomic E-state index is -0.170. The molecule has 16 heavy (non-hydrogen) atoms. The molecule has 1 atom stereocenters. The molecule has 5 N–H and O–H groups in total. The number of rotatable bonds is 3. The molecule has 2 aromatic heterocycles. The molecule has 82 valence electrons. The van der Waals surface area contributed by atoms with Crippen molar-refractivity contribution in [1.29, 1.82) is 0 Å². The molecule has 0 aliphatic rings. The molecule has 1 unspecified atom stereocenters. The van der Waals surface area contributed by atoms with Gasteiger partial charge in [-0.05, 0) is 23.8 Å². The Hall–Kier alpha value is -1.98. The van der Waals surface area contributed by atoms with Gasteiger partial charge in [-0.15, -0.1) is 0 Å². The average molecular weight is 215 g/mol. The summed E-state index contributed by atoms with van der Waals surface area (Å²) in [5.41, 5.74) is 11.1. The number of nitrogens with two attached hydrogens (primary N) is 2. The van der Waals surface area contributed by atoms with Gasteiger partial charge in [0.2, 0.25) is 0 Å². The summed E-state index contributed by atoms with van der Waals surface area (Å²) in [5, 5.41) is 0. The number of pyridine rings is 2. The van der Waals surface area contributed by atoms with E-state index in [9.17, 15) is 0 Å². The first kappa shape index (κ1) is 10.5. The molecule has 0 spiro atoms. The van der Waals surface area contributed by atoms with Gasteiger partial charge in [0, 0.05) is 36.0 Å². The largest absolute Gasteiger partial charge is 0.398 e. The van der Waals surface area contributed by atoms with Crippen LogP contribution in [-0.2, 0) is 0 Å². The van der Waals surface area contributed by atoms with Crippen molar-refractivity contribution in [1.82, 2.24) is 15.4 Å². The number of nitrogen functional groups attached to an aromatic ring is 1. The molecule has 0 saturated carbocycles. The van der Waals surface area contributed by atoms with Crippen molar-refractivity contribution in [2.24, 2.45) is 5.84 Å². The van der Waals surface area contributed by atoms with Gasteiger partial charge in [0.25, 0.3) is 0 Å². The zero-order valence-corrected chi connectivity index (χ0v) is 8.67. The number of hydrogen-bond donors (Lipinski definition) is 3. The highest BCUT2D eigenvalue weighted by molar-refractivity contribution is 5.49. The fourth-order valence-electron chi connectivity index (χ4n) is 1.58. The highest BCUT2D eigenvalue weighted by Gasteiger charge is 2.14. The number of nitrogens with zero attached hydrogens (tertiary/aromatic N) is 2. The second-order valence-electron chi connectivity index (χ2n) is 3.38. The van der Waals surface area contributed by atoms with Gasteiger partial charge >= 0.3 is 0 Å². The maximum atomic E-state index is 5.88. The van der Waals surface area contributed by atoms with E-state index in [0.29, 0.717) is 5.69 Å². The molecule has 0 aromatic carbocycles. The van der Waals surface area contributed by atoms with Crippen LogP contribution in [0.5, 0.6) is 0 Å². The van der Waals surface area contributed by atoms with Crippen LogP contribution < -0.4 is 17.0 Å². The van der Waals surface area contributed by atoms with Crippen molar-refractivity contribution in [2.45, 2.75) is 6.04 Å². The maximum Gasteiger partial charge on any atom is 0.0746 e. The summed E-state index contributed by atoms with van der Waals surface area (Å²) in [6, 6.07) is 5.35. The van der Waals surface area contributed by atoms with E-state index in [-0.39, 0.29) is 6.04 Å². The van der Waals surface area contributed by atoms with Crippen molar-refractivity contribution in [3.8, 4) is 0 Å². The second kappa shape index (κ2) is 4.69. The lowest BCUT2D eigenvalue weighted by atomic mass is 10.0. The molecule has 2 aromatic rings. The summed E-state index contributed by atoms with van der Waals surface area (Å²) < 4.78 is 0. The lowest BCUT2D eigenvalue weighted by molar-refractivity contribution is 0.635. The van der Waals surface area contributed by atoms with Gasteiger partial charge < -0.3 is 5.73 Å². The molecule has 0 fully saturated rings. The zero-order valence-electron chi connectivity index (χ0n) is 8.67. The van der Waals surface area contributed by atoms with Gasteiger partial charge in [0.15, 0.2) is 0 Å². The molecule has 5 heteroatoms. The minimum absolute atomic E-state index is 0.170. The second-order valence-corrected chi connectivity index (χ2v) is 3.38. The van der Waals surface area contributed by atoms with E-state index < -0.39 is 0 Å². The molecule has 2 rings (SSSR count). The van der Waals surface area contributed by atoms with Gasteiger partial charge in [0.1, 0.15) is 0 Å². The van der Waals surface area contributed by atoms with Crippen LogP contribution in [0.2, 0.25) is 0 Å². The molecule has 2 heterocycles. The van der Waals surface area contributed by atoms with Crippen LogP contribution in [0.25, 0.3) is 0 Å². The normalized spacial score (nSPS) is 12.3. The lowest BCUT2D eigenvalue weighted by Crippen LogP contribution is -2.29. The Balaban J connectivity index is 2.41. The quantitative estimate of drug-likeness (QED) is 0.515. The van der Waals surface area contributed by atoms with Crippen molar-refractivity contribution < 1.29 is 0 Å². The van der Waals surface area contributed by atoms with Crippen LogP contribution in [0, 0.1) is 0 Å². The van der Waals surface area contributed by atoms with Gasteiger partial charge in [0.05, 0.1) is 6.04 Å². The standard InChI is InChI=1S/C11H13N5/c12-10-3-6-15-7-9(10)11(16-13)8-1-4-14-5-2-8/h1-7,11,16H,13H2,(H2,12,15). The van der Waals surface area contributed by atoms with Crippen LogP contribution in [0.4, 0.5) is 5.69 Å². The Kier molecular flexibility index (Phi) is 3.09. The molecule has 0 radical (unpaired) electrons.